The SMILES string of the molecule is CCOC(=O)c1c(NC(=O)COC(=O)COc2ccc(N(CC)S(=O)(=O)c3ccccc3)cc2)sc2c1CCCC2. The second-order valence-electron chi connectivity index (χ2n) is 9.11. The molecule has 1 amide bonds. The molecule has 12 heteroatoms. The molecule has 0 saturated heterocycles. The Bertz CT molecular complexity index is 1480. The van der Waals surface area contributed by atoms with Crippen LogP contribution < -0.4 is 14.4 Å². The number of carbonyl (C=O) groups excluding carboxylic acids is 3. The third kappa shape index (κ3) is 7.25. The molecule has 2 aromatic carbocycles. The number of sulfonamides is 1. The molecule has 0 fully saturated rings. The van der Waals surface area contributed by atoms with Gasteiger partial charge in [0.05, 0.1) is 22.8 Å². The molecule has 218 valence electrons. The van der Waals surface area contributed by atoms with Crippen molar-refractivity contribution in [3.05, 3.63) is 70.6 Å². The normalized spacial score (nSPS) is 12.6. The average molecular weight is 601 g/mol. The van der Waals surface area contributed by atoms with E-state index >= 15 is 0 Å². The van der Waals surface area contributed by atoms with Gasteiger partial charge in [0, 0.05) is 11.4 Å². The average Bonchev–Trinajstić information content (AvgIpc) is 3.34. The topological polar surface area (TPSA) is 128 Å². The number of fused-ring (bicyclic) bond motifs is 1. The Morgan fingerprint density at radius 2 is 1.63 bits per heavy atom. The van der Waals surface area contributed by atoms with Gasteiger partial charge in [-0.25, -0.2) is 18.0 Å². The maximum atomic E-state index is 13.0. The predicted molar refractivity (Wildman–Crippen MR) is 155 cm³/mol. The molecule has 1 N–H and O–H groups in total. The van der Waals surface area contributed by atoms with Crippen LogP contribution in [0.4, 0.5) is 10.7 Å². The van der Waals surface area contributed by atoms with Gasteiger partial charge in [-0.05, 0) is 81.5 Å². The summed E-state index contributed by atoms with van der Waals surface area (Å²) in [7, 11) is -3.74. The highest BCUT2D eigenvalue weighted by molar-refractivity contribution is 7.92. The number of hydrogen-bond donors (Lipinski definition) is 1. The second-order valence-corrected chi connectivity index (χ2v) is 12.1. The molecule has 10 nitrogen and oxygen atoms in total. The lowest BCUT2D eigenvalue weighted by Crippen LogP contribution is -2.30. The lowest BCUT2D eigenvalue weighted by Gasteiger charge is -2.23. The number of rotatable bonds is 12. The van der Waals surface area contributed by atoms with Crippen molar-refractivity contribution in [2.24, 2.45) is 0 Å². The number of nitrogens with one attached hydrogen (secondary N) is 1. The van der Waals surface area contributed by atoms with Crippen LogP contribution in [0.3, 0.4) is 0 Å². The fraction of sp³-hybridized carbons (Fsp3) is 0.345. The zero-order valence-electron chi connectivity index (χ0n) is 22.9. The van der Waals surface area contributed by atoms with E-state index in [9.17, 15) is 22.8 Å². The second kappa shape index (κ2) is 13.6. The Hall–Kier alpha value is -3.90. The van der Waals surface area contributed by atoms with Crippen LogP contribution in [-0.2, 0) is 41.9 Å². The smallest absolute Gasteiger partial charge is 0.344 e. The summed E-state index contributed by atoms with van der Waals surface area (Å²) in [6.45, 7) is 2.91. The summed E-state index contributed by atoms with van der Waals surface area (Å²) < 4.78 is 43.0. The Labute approximate surface area is 243 Å². The molecule has 0 spiro atoms. The molecule has 1 aliphatic rings. The monoisotopic (exact) mass is 600 g/mol. The number of aryl methyl sites for hydroxylation is 1. The fourth-order valence-electron chi connectivity index (χ4n) is 4.49. The van der Waals surface area contributed by atoms with E-state index in [-0.39, 0.29) is 18.0 Å². The Balaban J connectivity index is 1.30. The van der Waals surface area contributed by atoms with Gasteiger partial charge in [0.2, 0.25) is 0 Å². The third-order valence-electron chi connectivity index (χ3n) is 6.37. The van der Waals surface area contributed by atoms with Crippen molar-refractivity contribution >= 4 is 49.9 Å². The lowest BCUT2D eigenvalue weighted by molar-refractivity contribution is -0.149. The number of anilines is 2. The van der Waals surface area contributed by atoms with Gasteiger partial charge in [0.25, 0.3) is 15.9 Å². The van der Waals surface area contributed by atoms with Crippen molar-refractivity contribution < 1.29 is 37.0 Å². The fourth-order valence-corrected chi connectivity index (χ4v) is 7.27. The zero-order chi connectivity index (χ0) is 29.4. The highest BCUT2D eigenvalue weighted by Gasteiger charge is 2.27. The highest BCUT2D eigenvalue weighted by Crippen LogP contribution is 2.38. The van der Waals surface area contributed by atoms with Crippen LogP contribution in [0.5, 0.6) is 5.75 Å². The number of ether oxygens (including phenoxy) is 3. The number of nitrogens with zero attached hydrogens (tertiary/aromatic N) is 1. The van der Waals surface area contributed by atoms with Crippen molar-refractivity contribution in [1.29, 1.82) is 0 Å². The highest BCUT2D eigenvalue weighted by atomic mass is 32.2. The van der Waals surface area contributed by atoms with Gasteiger partial charge in [0.15, 0.2) is 13.2 Å². The molecule has 1 heterocycles. The Kier molecular flexibility index (Phi) is 10.0. The van der Waals surface area contributed by atoms with E-state index < -0.39 is 41.1 Å². The van der Waals surface area contributed by atoms with Crippen molar-refractivity contribution in [3.8, 4) is 5.75 Å². The van der Waals surface area contributed by atoms with Gasteiger partial charge < -0.3 is 19.5 Å². The largest absolute Gasteiger partial charge is 0.482 e. The molecule has 0 atom stereocenters. The van der Waals surface area contributed by atoms with Crippen molar-refractivity contribution in [3.63, 3.8) is 0 Å². The molecule has 0 bridgehead atoms. The minimum Gasteiger partial charge on any atom is -0.482 e. The van der Waals surface area contributed by atoms with Crippen LogP contribution in [0.2, 0.25) is 0 Å². The molecule has 3 aromatic rings. The Morgan fingerprint density at radius 3 is 2.32 bits per heavy atom. The van der Waals surface area contributed by atoms with Gasteiger partial charge in [0.1, 0.15) is 10.8 Å². The molecule has 1 aromatic heterocycles. The number of hydrogen-bond acceptors (Lipinski definition) is 9. The van der Waals surface area contributed by atoms with Crippen LogP contribution >= 0.6 is 11.3 Å². The van der Waals surface area contributed by atoms with Crippen LogP contribution in [-0.4, -0.2) is 52.6 Å². The van der Waals surface area contributed by atoms with Gasteiger partial charge in [-0.3, -0.25) is 9.10 Å². The van der Waals surface area contributed by atoms with Crippen LogP contribution in [0.1, 0.15) is 47.5 Å². The van der Waals surface area contributed by atoms with Gasteiger partial charge in [-0.2, -0.15) is 0 Å². The summed E-state index contributed by atoms with van der Waals surface area (Å²) in [5.74, 6) is -1.49. The molecule has 0 saturated carbocycles. The molecule has 0 unspecified atom stereocenters. The zero-order valence-corrected chi connectivity index (χ0v) is 24.5. The van der Waals surface area contributed by atoms with E-state index in [4.69, 9.17) is 14.2 Å². The Morgan fingerprint density at radius 1 is 0.927 bits per heavy atom. The first-order valence-corrected chi connectivity index (χ1v) is 15.6. The lowest BCUT2D eigenvalue weighted by atomic mass is 9.95. The minimum atomic E-state index is -3.74. The summed E-state index contributed by atoms with van der Waals surface area (Å²) in [4.78, 5) is 38.5. The van der Waals surface area contributed by atoms with Crippen LogP contribution in [0, 0.1) is 0 Å². The third-order valence-corrected chi connectivity index (χ3v) is 9.49. The van der Waals surface area contributed by atoms with Crippen molar-refractivity contribution in [2.75, 3.05) is 36.0 Å². The minimum absolute atomic E-state index is 0.185. The standard InChI is InChI=1S/C29H32N2O8S2/c1-3-31(41(35,36)22-10-6-5-7-11-22)20-14-16-21(17-15-20)38-19-26(33)39-18-25(32)30-28-27(29(34)37-4-2)23-12-8-9-13-24(23)40-28/h5-7,10-11,14-17H,3-4,8-9,12-13,18-19H2,1-2H3,(H,30,32). The molecule has 1 aliphatic carbocycles. The molecular formula is C29H32N2O8S2. The van der Waals surface area contributed by atoms with E-state index in [1.54, 1.807) is 56.3 Å². The van der Waals surface area contributed by atoms with E-state index in [1.807, 2.05) is 0 Å². The van der Waals surface area contributed by atoms with E-state index in [0.29, 0.717) is 22.0 Å². The van der Waals surface area contributed by atoms with Crippen molar-refractivity contribution in [1.82, 2.24) is 0 Å². The summed E-state index contributed by atoms with van der Waals surface area (Å²) in [5, 5.41) is 3.10. The van der Waals surface area contributed by atoms with Crippen LogP contribution in [0.15, 0.2) is 59.5 Å². The summed E-state index contributed by atoms with van der Waals surface area (Å²) in [5.41, 5.74) is 1.75. The van der Waals surface area contributed by atoms with Gasteiger partial charge >= 0.3 is 11.9 Å². The van der Waals surface area contributed by atoms with Gasteiger partial charge in [-0.15, -0.1) is 11.3 Å². The van der Waals surface area contributed by atoms with E-state index in [0.717, 1.165) is 36.1 Å². The first-order valence-electron chi connectivity index (χ1n) is 13.3. The van der Waals surface area contributed by atoms with E-state index in [1.165, 1.54) is 27.8 Å². The maximum Gasteiger partial charge on any atom is 0.344 e. The number of thiophene rings is 1. The van der Waals surface area contributed by atoms with Gasteiger partial charge in [-0.1, -0.05) is 18.2 Å². The summed E-state index contributed by atoms with van der Waals surface area (Å²) in [6.07, 6.45) is 3.58. The first-order chi connectivity index (χ1) is 19.7. The number of carbonyl (C=O) groups is 3. The van der Waals surface area contributed by atoms with Crippen LogP contribution in [0.25, 0.3) is 0 Å². The quantitative estimate of drug-likeness (QED) is 0.299. The maximum absolute atomic E-state index is 13.0. The summed E-state index contributed by atoms with van der Waals surface area (Å²) >= 11 is 1.35. The number of esters is 2. The number of amides is 1. The van der Waals surface area contributed by atoms with Crippen molar-refractivity contribution in [2.45, 2.75) is 44.4 Å². The molecular weight excluding hydrogens is 568 g/mol. The molecule has 4 rings (SSSR count). The number of benzene rings is 2. The summed E-state index contributed by atoms with van der Waals surface area (Å²) in [6, 6.07) is 14.4. The predicted octanol–water partition coefficient (Wildman–Crippen LogP) is 4.58. The molecule has 41 heavy (non-hydrogen) atoms. The molecule has 0 aliphatic heterocycles. The molecule has 0 radical (unpaired) electrons. The first kappa shape index (κ1) is 30.1. The van der Waals surface area contributed by atoms with E-state index in [2.05, 4.69) is 5.32 Å².